The van der Waals surface area contributed by atoms with Gasteiger partial charge in [0.2, 0.25) is 5.91 Å². The van der Waals surface area contributed by atoms with E-state index in [1.807, 2.05) is 30.3 Å². The van der Waals surface area contributed by atoms with E-state index >= 15 is 0 Å². The first-order valence-electron chi connectivity index (χ1n) is 10.2. The number of morpholine rings is 1. The van der Waals surface area contributed by atoms with Gasteiger partial charge in [0.15, 0.2) is 0 Å². The Balaban J connectivity index is 1.69. The van der Waals surface area contributed by atoms with Crippen LogP contribution in [0.5, 0.6) is 0 Å². The van der Waals surface area contributed by atoms with Crippen molar-refractivity contribution in [2.24, 2.45) is 0 Å². The van der Waals surface area contributed by atoms with Gasteiger partial charge in [0, 0.05) is 32.2 Å². The van der Waals surface area contributed by atoms with E-state index in [0.717, 1.165) is 5.56 Å². The van der Waals surface area contributed by atoms with E-state index in [4.69, 9.17) is 4.74 Å². The van der Waals surface area contributed by atoms with Crippen LogP contribution in [0.4, 0.5) is 9.18 Å². The Labute approximate surface area is 176 Å². The van der Waals surface area contributed by atoms with Crippen molar-refractivity contribution in [1.82, 2.24) is 15.1 Å². The number of nitrogens with one attached hydrogen (secondary N) is 1. The lowest BCUT2D eigenvalue weighted by atomic mass is 9.97. The molecular weight excluding hydrogens is 385 g/mol. The second kappa shape index (κ2) is 10.2. The van der Waals surface area contributed by atoms with Crippen molar-refractivity contribution in [3.05, 3.63) is 71.5 Å². The largest absolute Gasteiger partial charge is 0.378 e. The van der Waals surface area contributed by atoms with Crippen LogP contribution in [0.25, 0.3) is 0 Å². The summed E-state index contributed by atoms with van der Waals surface area (Å²) < 4.78 is 19.4. The van der Waals surface area contributed by atoms with Crippen LogP contribution in [0.3, 0.4) is 0 Å². The summed E-state index contributed by atoms with van der Waals surface area (Å²) in [5.74, 6) is -0.880. The van der Waals surface area contributed by atoms with E-state index < -0.39 is 12.0 Å². The van der Waals surface area contributed by atoms with Crippen LogP contribution in [0.15, 0.2) is 54.6 Å². The smallest absolute Gasteiger partial charge is 0.317 e. The molecule has 0 bridgehead atoms. The van der Waals surface area contributed by atoms with Gasteiger partial charge in [-0.3, -0.25) is 4.79 Å². The summed E-state index contributed by atoms with van der Waals surface area (Å²) in [5, 5.41) is 2.86. The summed E-state index contributed by atoms with van der Waals surface area (Å²) in [5.41, 5.74) is 1.29. The van der Waals surface area contributed by atoms with Gasteiger partial charge in [0.1, 0.15) is 5.82 Å². The molecule has 0 spiro atoms. The fraction of sp³-hybridized carbons (Fsp3) is 0.391. The standard InChI is InChI=1S/C23H28FN3O3/c1-17(19-10-6-7-11-21(19)24)26(2)23(29)25-16-20(18-8-4-3-5-9-18)22(28)27-12-14-30-15-13-27/h3-11,17,20H,12-16H2,1-2H3,(H,25,29). The molecule has 2 unspecified atom stereocenters. The first-order valence-corrected chi connectivity index (χ1v) is 10.2. The minimum Gasteiger partial charge on any atom is -0.378 e. The summed E-state index contributed by atoms with van der Waals surface area (Å²) in [6.07, 6.45) is 0. The number of nitrogens with zero attached hydrogens (tertiary/aromatic N) is 2. The highest BCUT2D eigenvalue weighted by molar-refractivity contribution is 5.85. The van der Waals surface area contributed by atoms with E-state index in [1.54, 1.807) is 37.1 Å². The number of carbonyl (C=O) groups excluding carboxylic acids is 2. The lowest BCUT2D eigenvalue weighted by Gasteiger charge is -2.31. The van der Waals surface area contributed by atoms with Gasteiger partial charge in [0.25, 0.3) is 0 Å². The zero-order valence-corrected chi connectivity index (χ0v) is 17.4. The van der Waals surface area contributed by atoms with E-state index in [0.29, 0.717) is 31.9 Å². The van der Waals surface area contributed by atoms with Crippen LogP contribution in [0.1, 0.15) is 30.0 Å². The number of hydrogen-bond donors (Lipinski definition) is 1. The van der Waals surface area contributed by atoms with E-state index in [2.05, 4.69) is 5.32 Å². The number of benzene rings is 2. The molecular formula is C23H28FN3O3. The normalized spacial score (nSPS) is 15.9. The predicted molar refractivity (Wildman–Crippen MR) is 113 cm³/mol. The van der Waals surface area contributed by atoms with Crippen molar-refractivity contribution < 1.29 is 18.7 Å². The second-order valence-corrected chi connectivity index (χ2v) is 7.40. The van der Waals surface area contributed by atoms with Crippen molar-refractivity contribution >= 4 is 11.9 Å². The highest BCUT2D eigenvalue weighted by Crippen LogP contribution is 2.22. The molecule has 3 rings (SSSR count). The number of carbonyl (C=O) groups is 2. The van der Waals surface area contributed by atoms with Gasteiger partial charge in [-0.15, -0.1) is 0 Å². The van der Waals surface area contributed by atoms with Crippen LogP contribution in [-0.2, 0) is 9.53 Å². The molecule has 0 radical (unpaired) electrons. The molecule has 0 aliphatic carbocycles. The van der Waals surface area contributed by atoms with Crippen LogP contribution in [0, 0.1) is 5.82 Å². The summed E-state index contributed by atoms with van der Waals surface area (Å²) in [4.78, 5) is 29.1. The minimum atomic E-state index is -0.495. The molecule has 3 amide bonds. The number of halogens is 1. The number of rotatable bonds is 6. The van der Waals surface area contributed by atoms with Gasteiger partial charge in [-0.1, -0.05) is 48.5 Å². The van der Waals surface area contributed by atoms with Gasteiger partial charge in [-0.25, -0.2) is 9.18 Å². The Kier molecular flexibility index (Phi) is 7.41. The highest BCUT2D eigenvalue weighted by Gasteiger charge is 2.28. The first-order chi connectivity index (χ1) is 14.5. The third-order valence-corrected chi connectivity index (χ3v) is 5.54. The molecule has 0 saturated carbocycles. The zero-order valence-electron chi connectivity index (χ0n) is 17.4. The van der Waals surface area contributed by atoms with E-state index in [1.165, 1.54) is 11.0 Å². The molecule has 1 N–H and O–H groups in total. The van der Waals surface area contributed by atoms with Gasteiger partial charge < -0.3 is 19.9 Å². The summed E-state index contributed by atoms with van der Waals surface area (Å²) in [6, 6.07) is 15.0. The lowest BCUT2D eigenvalue weighted by molar-refractivity contribution is -0.136. The van der Waals surface area contributed by atoms with Crippen molar-refractivity contribution in [3.63, 3.8) is 0 Å². The fourth-order valence-electron chi connectivity index (χ4n) is 3.55. The molecule has 1 aliphatic rings. The van der Waals surface area contributed by atoms with Gasteiger partial charge in [-0.05, 0) is 18.6 Å². The maximum atomic E-state index is 14.1. The lowest BCUT2D eigenvalue weighted by Crippen LogP contribution is -2.47. The monoisotopic (exact) mass is 413 g/mol. The predicted octanol–water partition coefficient (Wildman–Crippen LogP) is 3.17. The van der Waals surface area contributed by atoms with Crippen LogP contribution in [0.2, 0.25) is 0 Å². The quantitative estimate of drug-likeness (QED) is 0.791. The van der Waals surface area contributed by atoms with E-state index in [-0.39, 0.29) is 24.3 Å². The third-order valence-electron chi connectivity index (χ3n) is 5.54. The fourth-order valence-corrected chi connectivity index (χ4v) is 3.55. The van der Waals surface area contributed by atoms with Crippen LogP contribution in [-0.4, -0.2) is 61.6 Å². The molecule has 2 atom stereocenters. The minimum absolute atomic E-state index is 0.0328. The summed E-state index contributed by atoms with van der Waals surface area (Å²) in [7, 11) is 1.62. The number of urea groups is 1. The maximum absolute atomic E-state index is 14.1. The second-order valence-electron chi connectivity index (χ2n) is 7.40. The molecule has 1 aliphatic heterocycles. The van der Waals surface area contributed by atoms with Crippen molar-refractivity contribution in [3.8, 4) is 0 Å². The molecule has 1 fully saturated rings. The molecule has 6 nitrogen and oxygen atoms in total. The van der Waals surface area contributed by atoms with Gasteiger partial charge in [0.05, 0.1) is 25.2 Å². The van der Waals surface area contributed by atoms with Crippen LogP contribution >= 0.6 is 0 Å². The maximum Gasteiger partial charge on any atom is 0.317 e. The third kappa shape index (κ3) is 5.16. The van der Waals surface area contributed by atoms with Gasteiger partial charge >= 0.3 is 6.03 Å². The average Bonchev–Trinajstić information content (AvgIpc) is 2.79. The first kappa shape index (κ1) is 21.8. The molecule has 1 saturated heterocycles. The number of hydrogen-bond acceptors (Lipinski definition) is 3. The summed E-state index contributed by atoms with van der Waals surface area (Å²) >= 11 is 0. The topological polar surface area (TPSA) is 61.9 Å². The average molecular weight is 413 g/mol. The number of amides is 3. The Hall–Kier alpha value is -2.93. The molecule has 30 heavy (non-hydrogen) atoms. The molecule has 160 valence electrons. The molecule has 0 aromatic heterocycles. The molecule has 2 aromatic rings. The molecule has 2 aromatic carbocycles. The van der Waals surface area contributed by atoms with Crippen molar-refractivity contribution in [2.45, 2.75) is 18.9 Å². The zero-order chi connectivity index (χ0) is 21.5. The Bertz CT molecular complexity index is 856. The Morgan fingerprint density at radius 2 is 1.73 bits per heavy atom. The number of ether oxygens (including phenoxy) is 1. The van der Waals surface area contributed by atoms with E-state index in [9.17, 15) is 14.0 Å². The SMILES string of the molecule is CC(c1ccccc1F)N(C)C(=O)NCC(C(=O)N1CCOCC1)c1ccccc1. The Morgan fingerprint density at radius 3 is 2.40 bits per heavy atom. The summed E-state index contributed by atoms with van der Waals surface area (Å²) in [6.45, 7) is 4.05. The van der Waals surface area contributed by atoms with Gasteiger partial charge in [-0.2, -0.15) is 0 Å². The van der Waals surface area contributed by atoms with Crippen molar-refractivity contribution in [2.75, 3.05) is 39.9 Å². The molecule has 1 heterocycles. The Morgan fingerprint density at radius 1 is 1.10 bits per heavy atom. The van der Waals surface area contributed by atoms with Crippen LogP contribution < -0.4 is 5.32 Å². The van der Waals surface area contributed by atoms with Crippen molar-refractivity contribution in [1.29, 1.82) is 0 Å². The highest BCUT2D eigenvalue weighted by atomic mass is 19.1. The molecule has 7 heteroatoms.